The van der Waals surface area contributed by atoms with E-state index in [1.54, 1.807) is 36.4 Å². The molecule has 0 aromatic heterocycles. The first-order valence-corrected chi connectivity index (χ1v) is 9.84. The zero-order valence-corrected chi connectivity index (χ0v) is 17.8. The lowest BCUT2D eigenvalue weighted by molar-refractivity contribution is -0.111. The fourth-order valence-electron chi connectivity index (χ4n) is 2.76. The van der Waals surface area contributed by atoms with Crippen molar-refractivity contribution in [2.75, 3.05) is 12.4 Å². The smallest absolute Gasteiger partial charge is 0.335 e. The van der Waals surface area contributed by atoms with Crippen LogP contribution >= 0.6 is 11.6 Å². The Labute approximate surface area is 189 Å². The Morgan fingerprint density at radius 1 is 1.03 bits per heavy atom. The Morgan fingerprint density at radius 2 is 1.78 bits per heavy atom. The van der Waals surface area contributed by atoms with Gasteiger partial charge in [0.2, 0.25) is 5.91 Å². The van der Waals surface area contributed by atoms with Gasteiger partial charge in [0.25, 0.3) is 0 Å². The summed E-state index contributed by atoms with van der Waals surface area (Å²) >= 11 is 5.89. The molecule has 0 atom stereocenters. The fraction of sp³-hybridized carbons (Fsp3) is 0.0833. The highest BCUT2D eigenvalue weighted by Gasteiger charge is 2.10. The van der Waals surface area contributed by atoms with Crippen molar-refractivity contribution in [1.29, 1.82) is 0 Å². The Kier molecular flexibility index (Phi) is 7.36. The van der Waals surface area contributed by atoms with Gasteiger partial charge in [-0.25, -0.2) is 4.79 Å². The molecule has 0 saturated heterocycles. The molecule has 7 nitrogen and oxygen atoms in total. The van der Waals surface area contributed by atoms with Crippen molar-refractivity contribution >= 4 is 35.2 Å². The molecule has 164 valence electrons. The van der Waals surface area contributed by atoms with Crippen LogP contribution in [0.15, 0.2) is 66.7 Å². The van der Waals surface area contributed by atoms with E-state index in [-0.39, 0.29) is 17.0 Å². The molecule has 3 N–H and O–H groups in total. The zero-order chi connectivity index (χ0) is 23.1. The van der Waals surface area contributed by atoms with Crippen molar-refractivity contribution in [2.24, 2.45) is 0 Å². The lowest BCUT2D eigenvalue weighted by Gasteiger charge is -2.11. The number of phenolic OH excluding ortho intramolecular Hbond substituents is 1. The van der Waals surface area contributed by atoms with E-state index in [9.17, 15) is 14.7 Å². The summed E-state index contributed by atoms with van der Waals surface area (Å²) in [6, 6.07) is 16.1. The van der Waals surface area contributed by atoms with Gasteiger partial charge in [-0.1, -0.05) is 29.8 Å². The number of aromatic carboxylic acids is 1. The second-order valence-corrected chi connectivity index (χ2v) is 7.12. The van der Waals surface area contributed by atoms with E-state index in [1.807, 2.05) is 12.1 Å². The number of carboxylic acid groups (broad SMARTS) is 1. The Hall–Kier alpha value is -3.97. The molecule has 0 aliphatic heterocycles. The summed E-state index contributed by atoms with van der Waals surface area (Å²) in [5.74, 6) is -0.903. The van der Waals surface area contributed by atoms with Crippen molar-refractivity contribution < 1.29 is 29.3 Å². The molecule has 3 rings (SSSR count). The predicted molar refractivity (Wildman–Crippen MR) is 122 cm³/mol. The first-order chi connectivity index (χ1) is 15.4. The number of carboxylic acids is 1. The normalized spacial score (nSPS) is 10.7. The lowest BCUT2D eigenvalue weighted by atomic mass is 10.1. The summed E-state index contributed by atoms with van der Waals surface area (Å²) in [5, 5.41) is 22.0. The van der Waals surface area contributed by atoms with Gasteiger partial charge in [0.05, 0.1) is 18.4 Å². The van der Waals surface area contributed by atoms with Crippen LogP contribution in [0.2, 0.25) is 5.02 Å². The second kappa shape index (κ2) is 10.4. The highest BCUT2D eigenvalue weighted by atomic mass is 35.5. The molecule has 0 unspecified atom stereocenters. The van der Waals surface area contributed by atoms with Crippen LogP contribution in [0.5, 0.6) is 17.2 Å². The number of carbonyl (C=O) groups excluding carboxylic acids is 1. The van der Waals surface area contributed by atoms with Gasteiger partial charge < -0.3 is 25.0 Å². The van der Waals surface area contributed by atoms with Gasteiger partial charge in [0.1, 0.15) is 12.4 Å². The van der Waals surface area contributed by atoms with Crippen LogP contribution in [0.1, 0.15) is 21.5 Å². The SMILES string of the molecule is COc1cc(/C=C/C(=O)Nc2cc(C(=O)O)ccc2O)ccc1OCc1ccc(Cl)cc1. The van der Waals surface area contributed by atoms with Crippen LogP contribution in [0.4, 0.5) is 5.69 Å². The largest absolute Gasteiger partial charge is 0.506 e. The Balaban J connectivity index is 1.66. The highest BCUT2D eigenvalue weighted by molar-refractivity contribution is 6.30. The number of hydrogen-bond acceptors (Lipinski definition) is 5. The van der Waals surface area contributed by atoms with Crippen LogP contribution < -0.4 is 14.8 Å². The third kappa shape index (κ3) is 6.02. The zero-order valence-electron chi connectivity index (χ0n) is 17.0. The summed E-state index contributed by atoms with van der Waals surface area (Å²) in [4.78, 5) is 23.3. The first kappa shape index (κ1) is 22.7. The average Bonchev–Trinajstić information content (AvgIpc) is 2.78. The van der Waals surface area contributed by atoms with Crippen molar-refractivity contribution in [3.8, 4) is 17.2 Å². The van der Waals surface area contributed by atoms with Crippen molar-refractivity contribution in [1.82, 2.24) is 0 Å². The quantitative estimate of drug-likeness (QED) is 0.328. The fourth-order valence-corrected chi connectivity index (χ4v) is 2.89. The molecule has 0 spiro atoms. The van der Waals surface area contributed by atoms with E-state index < -0.39 is 11.9 Å². The summed E-state index contributed by atoms with van der Waals surface area (Å²) in [7, 11) is 1.52. The number of aromatic hydroxyl groups is 1. The maximum absolute atomic E-state index is 12.2. The third-order valence-electron chi connectivity index (χ3n) is 4.42. The van der Waals surface area contributed by atoms with E-state index in [1.165, 1.54) is 31.4 Å². The molecule has 32 heavy (non-hydrogen) atoms. The Bertz CT molecular complexity index is 1160. The number of methoxy groups -OCH3 is 1. The highest BCUT2D eigenvalue weighted by Crippen LogP contribution is 2.29. The molecule has 0 fully saturated rings. The third-order valence-corrected chi connectivity index (χ3v) is 4.68. The van der Waals surface area contributed by atoms with Crippen molar-refractivity contribution in [3.63, 3.8) is 0 Å². The van der Waals surface area contributed by atoms with Gasteiger partial charge in [0, 0.05) is 11.1 Å². The average molecular weight is 454 g/mol. The predicted octanol–water partition coefficient (Wildman–Crippen LogP) is 4.98. The number of amides is 1. The number of nitrogens with one attached hydrogen (secondary N) is 1. The second-order valence-electron chi connectivity index (χ2n) is 6.69. The molecule has 0 radical (unpaired) electrons. The van der Waals surface area contributed by atoms with Gasteiger partial charge in [-0.2, -0.15) is 0 Å². The van der Waals surface area contributed by atoms with Crippen LogP contribution in [0, 0.1) is 0 Å². The summed E-state index contributed by atoms with van der Waals surface area (Å²) in [6.07, 6.45) is 2.81. The van der Waals surface area contributed by atoms with E-state index in [2.05, 4.69) is 5.32 Å². The van der Waals surface area contributed by atoms with Crippen LogP contribution in [-0.2, 0) is 11.4 Å². The van der Waals surface area contributed by atoms with Gasteiger partial charge >= 0.3 is 5.97 Å². The van der Waals surface area contributed by atoms with E-state index >= 15 is 0 Å². The Morgan fingerprint density at radius 3 is 2.47 bits per heavy atom. The number of carbonyl (C=O) groups is 2. The van der Waals surface area contributed by atoms with Gasteiger partial charge in [0.15, 0.2) is 11.5 Å². The molecule has 1 amide bonds. The molecular weight excluding hydrogens is 434 g/mol. The first-order valence-electron chi connectivity index (χ1n) is 9.46. The topological polar surface area (TPSA) is 105 Å². The molecule has 0 heterocycles. The minimum Gasteiger partial charge on any atom is -0.506 e. The van der Waals surface area contributed by atoms with E-state index in [0.29, 0.717) is 28.7 Å². The lowest BCUT2D eigenvalue weighted by Crippen LogP contribution is -2.09. The maximum Gasteiger partial charge on any atom is 0.335 e. The number of ether oxygens (including phenoxy) is 2. The van der Waals surface area contributed by atoms with Crippen LogP contribution in [0.3, 0.4) is 0 Å². The number of halogens is 1. The van der Waals surface area contributed by atoms with Crippen LogP contribution in [-0.4, -0.2) is 29.2 Å². The van der Waals surface area contributed by atoms with Crippen molar-refractivity contribution in [2.45, 2.75) is 6.61 Å². The molecule has 8 heteroatoms. The summed E-state index contributed by atoms with van der Waals surface area (Å²) in [6.45, 7) is 0.337. The van der Waals surface area contributed by atoms with E-state index in [0.717, 1.165) is 5.56 Å². The summed E-state index contributed by atoms with van der Waals surface area (Å²) in [5.41, 5.74) is 1.58. The van der Waals surface area contributed by atoms with Gasteiger partial charge in [-0.15, -0.1) is 0 Å². The molecule has 0 aliphatic rings. The number of hydrogen-bond donors (Lipinski definition) is 3. The van der Waals surface area contributed by atoms with Gasteiger partial charge in [-0.3, -0.25) is 4.79 Å². The van der Waals surface area contributed by atoms with Crippen molar-refractivity contribution in [3.05, 3.63) is 88.5 Å². The maximum atomic E-state index is 12.2. The number of rotatable bonds is 8. The molecule has 0 saturated carbocycles. The minimum atomic E-state index is -1.17. The molecule has 0 bridgehead atoms. The van der Waals surface area contributed by atoms with Gasteiger partial charge in [-0.05, 0) is 59.7 Å². The van der Waals surface area contributed by atoms with E-state index in [4.69, 9.17) is 26.2 Å². The molecular formula is C24H20ClNO6. The standard InChI is InChI=1S/C24H20ClNO6/c1-31-22-12-15(4-10-21(22)32-14-16-2-7-18(25)8-3-16)5-11-23(28)26-19-13-17(24(29)30)6-9-20(19)27/h2-13,27H,14H2,1H3,(H,26,28)(H,29,30)/b11-5+. The molecule has 3 aromatic carbocycles. The summed E-state index contributed by atoms with van der Waals surface area (Å²) < 4.78 is 11.2. The molecule has 0 aliphatic carbocycles. The minimum absolute atomic E-state index is 0.00285. The molecule has 3 aromatic rings. The number of benzene rings is 3. The number of anilines is 1. The number of phenols is 1. The van der Waals surface area contributed by atoms with Crippen LogP contribution in [0.25, 0.3) is 6.08 Å². The monoisotopic (exact) mass is 453 g/mol.